The highest BCUT2D eigenvalue weighted by Gasteiger charge is 2.22. The van der Waals surface area contributed by atoms with Crippen LogP contribution in [0.2, 0.25) is 0 Å². The first-order valence-electron chi connectivity index (χ1n) is 6.49. The molecule has 0 saturated carbocycles. The molecule has 1 heterocycles. The SMILES string of the molecule is Cc1ccc(C)c(CC(O)C2CCOCC2)c1. The minimum atomic E-state index is -0.223. The van der Waals surface area contributed by atoms with Gasteiger partial charge in [0.1, 0.15) is 0 Å². The molecule has 1 N–H and O–H groups in total. The highest BCUT2D eigenvalue weighted by atomic mass is 16.5. The van der Waals surface area contributed by atoms with Gasteiger partial charge in [-0.2, -0.15) is 0 Å². The molecule has 1 aromatic carbocycles. The Morgan fingerprint density at radius 1 is 1.29 bits per heavy atom. The minimum absolute atomic E-state index is 0.223. The minimum Gasteiger partial charge on any atom is -0.392 e. The molecule has 1 fully saturated rings. The third-order valence-corrected chi connectivity index (χ3v) is 3.74. The molecular weight excluding hydrogens is 212 g/mol. The van der Waals surface area contributed by atoms with Crippen molar-refractivity contribution in [1.29, 1.82) is 0 Å². The van der Waals surface area contributed by atoms with Crippen molar-refractivity contribution >= 4 is 0 Å². The molecule has 0 amide bonds. The average Bonchev–Trinajstić information content (AvgIpc) is 2.35. The van der Waals surface area contributed by atoms with E-state index in [1.807, 2.05) is 0 Å². The number of hydrogen-bond donors (Lipinski definition) is 1. The summed E-state index contributed by atoms with van der Waals surface area (Å²) >= 11 is 0. The molecule has 1 aromatic rings. The van der Waals surface area contributed by atoms with Crippen LogP contribution in [0, 0.1) is 19.8 Å². The van der Waals surface area contributed by atoms with Gasteiger partial charge in [0.15, 0.2) is 0 Å². The Morgan fingerprint density at radius 2 is 2.00 bits per heavy atom. The molecule has 0 radical (unpaired) electrons. The van der Waals surface area contributed by atoms with Crippen LogP contribution in [-0.4, -0.2) is 24.4 Å². The van der Waals surface area contributed by atoms with Gasteiger partial charge in [-0.3, -0.25) is 0 Å². The average molecular weight is 234 g/mol. The van der Waals surface area contributed by atoms with Gasteiger partial charge in [0.05, 0.1) is 6.10 Å². The lowest BCUT2D eigenvalue weighted by molar-refractivity contribution is 0.00834. The number of benzene rings is 1. The summed E-state index contributed by atoms with van der Waals surface area (Å²) in [5.41, 5.74) is 3.83. The molecule has 1 saturated heterocycles. The van der Waals surface area contributed by atoms with E-state index < -0.39 is 0 Å². The third-order valence-electron chi connectivity index (χ3n) is 3.74. The fourth-order valence-corrected chi connectivity index (χ4v) is 2.51. The zero-order chi connectivity index (χ0) is 12.3. The summed E-state index contributed by atoms with van der Waals surface area (Å²) < 4.78 is 5.33. The van der Waals surface area contributed by atoms with Crippen LogP contribution in [0.4, 0.5) is 0 Å². The van der Waals surface area contributed by atoms with Crippen molar-refractivity contribution in [3.63, 3.8) is 0 Å². The zero-order valence-electron chi connectivity index (χ0n) is 10.8. The number of aryl methyl sites for hydroxylation is 2. The second kappa shape index (κ2) is 5.65. The monoisotopic (exact) mass is 234 g/mol. The molecule has 2 heteroatoms. The summed E-state index contributed by atoms with van der Waals surface area (Å²) in [5, 5.41) is 10.3. The summed E-state index contributed by atoms with van der Waals surface area (Å²) in [6.45, 7) is 5.82. The van der Waals surface area contributed by atoms with Crippen molar-refractivity contribution in [1.82, 2.24) is 0 Å². The molecule has 0 bridgehead atoms. The van der Waals surface area contributed by atoms with Crippen molar-refractivity contribution in [2.24, 2.45) is 5.92 Å². The Labute approximate surface area is 104 Å². The lowest BCUT2D eigenvalue weighted by Gasteiger charge is -2.27. The predicted octanol–water partition coefficient (Wildman–Crippen LogP) is 2.63. The Kier molecular flexibility index (Phi) is 4.19. The first kappa shape index (κ1) is 12.6. The molecule has 0 aliphatic carbocycles. The van der Waals surface area contributed by atoms with Gasteiger partial charge in [-0.05, 0) is 50.2 Å². The van der Waals surface area contributed by atoms with E-state index in [9.17, 15) is 5.11 Å². The maximum absolute atomic E-state index is 10.3. The van der Waals surface area contributed by atoms with Crippen LogP contribution in [-0.2, 0) is 11.2 Å². The molecule has 1 unspecified atom stereocenters. The predicted molar refractivity (Wildman–Crippen MR) is 69.2 cm³/mol. The van der Waals surface area contributed by atoms with Crippen LogP contribution >= 0.6 is 0 Å². The molecule has 17 heavy (non-hydrogen) atoms. The topological polar surface area (TPSA) is 29.5 Å². The second-order valence-corrected chi connectivity index (χ2v) is 5.15. The Morgan fingerprint density at radius 3 is 2.71 bits per heavy atom. The number of aliphatic hydroxyl groups is 1. The lowest BCUT2D eigenvalue weighted by atomic mass is 9.88. The van der Waals surface area contributed by atoms with E-state index in [0.717, 1.165) is 32.5 Å². The number of ether oxygens (including phenoxy) is 1. The first-order valence-corrected chi connectivity index (χ1v) is 6.49. The third kappa shape index (κ3) is 3.30. The quantitative estimate of drug-likeness (QED) is 0.871. The van der Waals surface area contributed by atoms with Gasteiger partial charge in [0, 0.05) is 13.2 Å². The van der Waals surface area contributed by atoms with E-state index in [-0.39, 0.29) is 6.10 Å². The van der Waals surface area contributed by atoms with Gasteiger partial charge in [0.2, 0.25) is 0 Å². The van der Waals surface area contributed by atoms with Crippen molar-refractivity contribution < 1.29 is 9.84 Å². The van der Waals surface area contributed by atoms with Crippen LogP contribution in [0.1, 0.15) is 29.5 Å². The zero-order valence-corrected chi connectivity index (χ0v) is 10.8. The van der Waals surface area contributed by atoms with Gasteiger partial charge in [-0.1, -0.05) is 23.8 Å². The second-order valence-electron chi connectivity index (χ2n) is 5.15. The van der Waals surface area contributed by atoms with E-state index in [4.69, 9.17) is 4.74 Å². The summed E-state index contributed by atoms with van der Waals surface area (Å²) in [5.74, 6) is 0.406. The van der Waals surface area contributed by atoms with E-state index in [1.165, 1.54) is 16.7 Å². The smallest absolute Gasteiger partial charge is 0.0610 e. The molecule has 1 aliphatic heterocycles. The normalized spacial score (nSPS) is 19.2. The van der Waals surface area contributed by atoms with Crippen LogP contribution in [0.3, 0.4) is 0 Å². The van der Waals surface area contributed by atoms with Crippen molar-refractivity contribution in [3.05, 3.63) is 34.9 Å². The molecular formula is C15H22O2. The van der Waals surface area contributed by atoms with Gasteiger partial charge < -0.3 is 9.84 Å². The van der Waals surface area contributed by atoms with E-state index in [0.29, 0.717) is 5.92 Å². The number of hydrogen-bond acceptors (Lipinski definition) is 2. The molecule has 2 rings (SSSR count). The summed E-state index contributed by atoms with van der Waals surface area (Å²) in [7, 11) is 0. The van der Waals surface area contributed by atoms with Crippen molar-refractivity contribution in [2.75, 3.05) is 13.2 Å². The van der Waals surface area contributed by atoms with Crippen LogP contribution in [0.15, 0.2) is 18.2 Å². The molecule has 1 aliphatic rings. The fraction of sp³-hybridized carbons (Fsp3) is 0.600. The fourth-order valence-electron chi connectivity index (χ4n) is 2.51. The molecule has 1 atom stereocenters. The summed E-state index contributed by atoms with van der Waals surface area (Å²) in [4.78, 5) is 0. The van der Waals surface area contributed by atoms with Crippen LogP contribution < -0.4 is 0 Å². The molecule has 0 aromatic heterocycles. The van der Waals surface area contributed by atoms with Gasteiger partial charge in [-0.25, -0.2) is 0 Å². The molecule has 0 spiro atoms. The summed E-state index contributed by atoms with van der Waals surface area (Å²) in [6, 6.07) is 6.46. The lowest BCUT2D eigenvalue weighted by Crippen LogP contribution is -2.29. The van der Waals surface area contributed by atoms with Crippen molar-refractivity contribution in [2.45, 2.75) is 39.2 Å². The van der Waals surface area contributed by atoms with E-state index >= 15 is 0 Å². The summed E-state index contributed by atoms with van der Waals surface area (Å²) in [6.07, 6.45) is 2.54. The van der Waals surface area contributed by atoms with E-state index in [1.54, 1.807) is 0 Å². The van der Waals surface area contributed by atoms with Gasteiger partial charge in [-0.15, -0.1) is 0 Å². The number of aliphatic hydroxyl groups excluding tert-OH is 1. The largest absolute Gasteiger partial charge is 0.392 e. The van der Waals surface area contributed by atoms with Crippen LogP contribution in [0.25, 0.3) is 0 Å². The Balaban J connectivity index is 2.01. The highest BCUT2D eigenvalue weighted by molar-refractivity contribution is 5.31. The van der Waals surface area contributed by atoms with Crippen LogP contribution in [0.5, 0.6) is 0 Å². The maximum Gasteiger partial charge on any atom is 0.0610 e. The molecule has 94 valence electrons. The standard InChI is InChI=1S/C15H22O2/c1-11-3-4-12(2)14(9-11)10-15(16)13-5-7-17-8-6-13/h3-4,9,13,15-16H,5-8,10H2,1-2H3. The van der Waals surface area contributed by atoms with E-state index in [2.05, 4.69) is 32.0 Å². The highest BCUT2D eigenvalue weighted by Crippen LogP contribution is 2.23. The number of rotatable bonds is 3. The molecule has 2 nitrogen and oxygen atoms in total. The van der Waals surface area contributed by atoms with Gasteiger partial charge in [0.25, 0.3) is 0 Å². The van der Waals surface area contributed by atoms with Crippen molar-refractivity contribution in [3.8, 4) is 0 Å². The van der Waals surface area contributed by atoms with Gasteiger partial charge >= 0.3 is 0 Å². The maximum atomic E-state index is 10.3. The first-order chi connectivity index (χ1) is 8.16. The Bertz CT molecular complexity index is 367. The Hall–Kier alpha value is -0.860.